The molecule has 1 heterocycles. The van der Waals surface area contributed by atoms with Crippen molar-refractivity contribution in [1.82, 2.24) is 0 Å². The first-order chi connectivity index (χ1) is 11.1. The summed E-state index contributed by atoms with van der Waals surface area (Å²) in [6.07, 6.45) is 0.908. The molecule has 25 heavy (non-hydrogen) atoms. The predicted molar refractivity (Wildman–Crippen MR) is 117 cm³/mol. The summed E-state index contributed by atoms with van der Waals surface area (Å²) >= 11 is 9.19. The topological polar surface area (TPSA) is 73.3 Å². The van der Waals surface area contributed by atoms with Crippen LogP contribution in [0.5, 0.6) is 0 Å². The summed E-state index contributed by atoms with van der Waals surface area (Å²) in [5.41, 5.74) is 16.7. The van der Waals surface area contributed by atoms with E-state index in [0.29, 0.717) is 18.0 Å². The van der Waals surface area contributed by atoms with Crippen LogP contribution in [0.2, 0.25) is 0 Å². The monoisotopic (exact) mass is 420 g/mol. The number of anilines is 3. The van der Waals surface area contributed by atoms with E-state index in [1.807, 2.05) is 31.2 Å². The fourth-order valence-corrected chi connectivity index (χ4v) is 2.12. The van der Waals surface area contributed by atoms with Crippen LogP contribution in [0.15, 0.2) is 48.5 Å². The van der Waals surface area contributed by atoms with Crippen LogP contribution in [-0.2, 0) is 24.7 Å². The van der Waals surface area contributed by atoms with Gasteiger partial charge in [-0.15, -0.1) is 0 Å². The van der Waals surface area contributed by atoms with E-state index < -0.39 is 0 Å². The molecule has 0 radical (unpaired) electrons. The first-order valence-corrected chi connectivity index (χ1v) is 7.86. The molecule has 0 saturated heterocycles. The summed E-state index contributed by atoms with van der Waals surface area (Å²) in [4.78, 5) is 0.932. The second-order valence-corrected chi connectivity index (χ2v) is 5.19. The molecule has 130 valence electrons. The van der Waals surface area contributed by atoms with Crippen LogP contribution in [0.25, 0.3) is 0 Å². The zero-order valence-electron chi connectivity index (χ0n) is 14.5. The molecule has 3 rings (SSSR count). The average molecular weight is 421 g/mol. The minimum Gasteiger partial charge on any atom is -0.682 e. The summed E-state index contributed by atoms with van der Waals surface area (Å²) in [6.45, 7) is 2.49. The van der Waals surface area contributed by atoms with Gasteiger partial charge in [0.05, 0.1) is 16.4 Å². The third-order valence-electron chi connectivity index (χ3n) is 2.84. The fraction of sp³-hybridized carbons (Fsp3) is 0.176. The van der Waals surface area contributed by atoms with Gasteiger partial charge in [0.25, 0.3) is 0 Å². The van der Waals surface area contributed by atoms with Gasteiger partial charge >= 0.3 is 51.4 Å². The molecule has 2 aromatic carbocycles. The number of benzene rings is 2. The molecule has 0 atom stereocenters. The Morgan fingerprint density at radius 3 is 2.00 bits per heavy atom. The SMILES string of the molecule is CCO[C-]=S.Nc1ccccc1N.S=C1Cc2ccccc2N1.[K+].[SH3+]. The van der Waals surface area contributed by atoms with Crippen molar-refractivity contribution in [2.24, 2.45) is 0 Å². The first-order valence-electron chi connectivity index (χ1n) is 7.05. The molecule has 2 aromatic rings. The molecule has 0 unspecified atom stereocenters. The normalized spacial score (nSPS) is 10.0. The van der Waals surface area contributed by atoms with Crippen LogP contribution in [0, 0.1) is 0 Å². The van der Waals surface area contributed by atoms with Gasteiger partial charge in [-0.2, -0.15) is 0 Å². The Labute approximate surface area is 209 Å². The van der Waals surface area contributed by atoms with E-state index in [1.165, 1.54) is 11.3 Å². The van der Waals surface area contributed by atoms with Gasteiger partial charge in [-0.3, -0.25) is 0 Å². The van der Waals surface area contributed by atoms with Crippen molar-refractivity contribution >= 4 is 65.5 Å². The molecule has 0 spiro atoms. The smallest absolute Gasteiger partial charge is 0.682 e. The molecule has 1 aliphatic heterocycles. The van der Waals surface area contributed by atoms with Crippen molar-refractivity contribution < 1.29 is 56.1 Å². The van der Waals surface area contributed by atoms with Crippen LogP contribution < -0.4 is 68.2 Å². The first kappa shape index (κ1) is 27.0. The Balaban J connectivity index is 0. The van der Waals surface area contributed by atoms with E-state index in [1.54, 1.807) is 12.1 Å². The van der Waals surface area contributed by atoms with Gasteiger partial charge in [0.2, 0.25) is 0 Å². The van der Waals surface area contributed by atoms with Gasteiger partial charge in [-0.05, 0) is 30.7 Å². The van der Waals surface area contributed by atoms with Crippen LogP contribution in [0.4, 0.5) is 17.1 Å². The fourth-order valence-electron chi connectivity index (χ4n) is 1.73. The molecule has 0 fully saturated rings. The Morgan fingerprint density at radius 2 is 1.60 bits per heavy atom. The van der Waals surface area contributed by atoms with Crippen molar-refractivity contribution in [2.75, 3.05) is 23.4 Å². The summed E-state index contributed by atoms with van der Waals surface area (Å²) in [6, 6.07) is 15.5. The van der Waals surface area contributed by atoms with Crippen molar-refractivity contribution in [3.05, 3.63) is 54.1 Å². The van der Waals surface area contributed by atoms with E-state index in [-0.39, 0.29) is 64.9 Å². The average Bonchev–Trinajstić information content (AvgIpc) is 2.92. The predicted octanol–water partition coefficient (Wildman–Crippen LogP) is -0.111. The Hall–Kier alpha value is -0.194. The Kier molecular flexibility index (Phi) is 17.3. The van der Waals surface area contributed by atoms with E-state index >= 15 is 0 Å². The summed E-state index contributed by atoms with van der Waals surface area (Å²) < 4.78 is 4.40. The minimum absolute atomic E-state index is 0. The van der Waals surface area contributed by atoms with E-state index in [4.69, 9.17) is 23.7 Å². The van der Waals surface area contributed by atoms with Crippen LogP contribution in [0.1, 0.15) is 12.5 Å². The molecule has 0 amide bonds. The number of nitrogens with two attached hydrogens (primary N) is 2. The molecule has 0 aliphatic carbocycles. The molecule has 0 saturated carbocycles. The molecule has 0 aromatic heterocycles. The summed E-state index contributed by atoms with van der Waals surface area (Å²) in [5, 5.41) is 3.13. The Bertz CT molecular complexity index is 609. The van der Waals surface area contributed by atoms with Crippen LogP contribution >= 0.6 is 24.4 Å². The van der Waals surface area contributed by atoms with E-state index in [0.717, 1.165) is 11.4 Å². The second kappa shape index (κ2) is 16.0. The van der Waals surface area contributed by atoms with Gasteiger partial charge < -0.3 is 33.7 Å². The quantitative estimate of drug-likeness (QED) is 0.207. The summed E-state index contributed by atoms with van der Waals surface area (Å²) in [5.74, 6) is 0. The van der Waals surface area contributed by atoms with Crippen LogP contribution in [-0.4, -0.2) is 17.1 Å². The molecular formula is C17H23KN3OS3+. The molecule has 4 nitrogen and oxygen atoms in total. The largest absolute Gasteiger partial charge is 1.00 e. The van der Waals surface area contributed by atoms with Gasteiger partial charge in [0.1, 0.15) is 0 Å². The zero-order chi connectivity index (χ0) is 17.1. The number of nitrogen functional groups attached to an aromatic ring is 2. The van der Waals surface area contributed by atoms with Crippen molar-refractivity contribution in [1.29, 1.82) is 0 Å². The second-order valence-electron chi connectivity index (χ2n) is 4.53. The Morgan fingerprint density at radius 1 is 1.08 bits per heavy atom. The molecule has 1 aliphatic rings. The maximum atomic E-state index is 5.39. The van der Waals surface area contributed by atoms with Gasteiger partial charge in [0.15, 0.2) is 0 Å². The summed E-state index contributed by atoms with van der Waals surface area (Å²) in [7, 11) is 0. The number of thiocarbonyl (C=S) groups is 2. The standard InChI is InChI=1S/C8H7NS.C6H8N2.C3H5OS.K.H2S/c10-8-5-6-3-1-2-4-7(6)9-8;7-5-3-1-2-4-6(5)8;1-2-4-3-5;;/h1-4H,5H2,(H,9,10);1-4H,7-8H2;2H2,1H3;;1H2/q;;-1;+1;/p+1. The van der Waals surface area contributed by atoms with Crippen LogP contribution in [0.3, 0.4) is 0 Å². The molecule has 8 heteroatoms. The van der Waals surface area contributed by atoms with Gasteiger partial charge in [-0.25, -0.2) is 5.55 Å². The van der Waals surface area contributed by atoms with E-state index in [2.05, 4.69) is 40.0 Å². The maximum Gasteiger partial charge on any atom is 1.00 e. The van der Waals surface area contributed by atoms with Crippen molar-refractivity contribution in [2.45, 2.75) is 13.3 Å². The third-order valence-corrected chi connectivity index (χ3v) is 3.21. The molecular weight excluding hydrogens is 398 g/mol. The number of hydrogen-bond acceptors (Lipinski definition) is 5. The number of fused-ring (bicyclic) bond motifs is 1. The number of hydrogen-bond donors (Lipinski definition) is 3. The maximum absolute atomic E-state index is 5.39. The number of rotatable bonds is 2. The third kappa shape index (κ3) is 11.2. The molecule has 5 N–H and O–H groups in total. The number of nitrogens with one attached hydrogen (secondary N) is 1. The van der Waals surface area contributed by atoms with Gasteiger partial charge in [0, 0.05) is 18.7 Å². The number of ether oxygens (including phenoxy) is 1. The number of para-hydroxylation sites is 3. The van der Waals surface area contributed by atoms with E-state index in [9.17, 15) is 0 Å². The molecule has 0 bridgehead atoms. The minimum atomic E-state index is 0. The van der Waals surface area contributed by atoms with Crippen molar-refractivity contribution in [3.63, 3.8) is 0 Å². The van der Waals surface area contributed by atoms with Gasteiger partial charge in [-0.1, -0.05) is 56.0 Å². The van der Waals surface area contributed by atoms with Crippen molar-refractivity contribution in [3.8, 4) is 0 Å². The zero-order valence-corrected chi connectivity index (χ0v) is 20.4.